The van der Waals surface area contributed by atoms with Gasteiger partial charge in [0.15, 0.2) is 0 Å². The highest BCUT2D eigenvalue weighted by Gasteiger charge is 2.31. The minimum atomic E-state index is -3.37. The van der Waals surface area contributed by atoms with Crippen LogP contribution in [0.1, 0.15) is 86.3 Å². The van der Waals surface area contributed by atoms with Crippen molar-refractivity contribution < 1.29 is 42.8 Å². The molecule has 0 spiro atoms. The molecule has 0 aliphatic heterocycles. The van der Waals surface area contributed by atoms with Crippen molar-refractivity contribution in [2.45, 2.75) is 111 Å². The van der Waals surface area contributed by atoms with Gasteiger partial charge in [-0.15, -0.1) is 0 Å². The number of nitrogens with one attached hydrogen (secondary N) is 1. The second-order valence-electron chi connectivity index (χ2n) is 13.9. The summed E-state index contributed by atoms with van der Waals surface area (Å²) in [5, 5.41) is 33.4. The lowest BCUT2D eigenvalue weighted by Crippen LogP contribution is -2.47. The first-order valence-corrected chi connectivity index (χ1v) is 16.6. The third-order valence-electron chi connectivity index (χ3n) is 6.96. The number of carbonyl (C=O) groups is 2. The van der Waals surface area contributed by atoms with Crippen LogP contribution in [0.25, 0.3) is 0 Å². The quantitative estimate of drug-likeness (QED) is 0.225. The number of carboxylic acids is 1. The van der Waals surface area contributed by atoms with Crippen molar-refractivity contribution in [1.82, 2.24) is 5.32 Å². The van der Waals surface area contributed by atoms with E-state index in [1.807, 2.05) is 52.8 Å². The Bertz CT molecular complexity index is 1140. The molecule has 4 N–H and O–H groups in total. The zero-order chi connectivity index (χ0) is 32.6. The molecule has 0 fully saturated rings. The number of alkyl carbamates (subject to hydrolysis) is 1. The lowest BCUT2D eigenvalue weighted by atomic mass is 9.80. The molecule has 1 aromatic carbocycles. The molecule has 0 aliphatic rings. The van der Waals surface area contributed by atoms with E-state index < -0.39 is 57.4 Å². The van der Waals surface area contributed by atoms with E-state index in [1.165, 1.54) is 6.92 Å². The molecule has 0 heterocycles. The lowest BCUT2D eigenvalue weighted by Gasteiger charge is -2.32. The first kappa shape index (κ1) is 37.7. The summed E-state index contributed by atoms with van der Waals surface area (Å²) in [7, 11) is -3.37. The van der Waals surface area contributed by atoms with Crippen LogP contribution in [0.15, 0.2) is 18.2 Å². The van der Waals surface area contributed by atoms with Gasteiger partial charge in [0.2, 0.25) is 0 Å². The summed E-state index contributed by atoms with van der Waals surface area (Å²) in [6.45, 7) is 16.7. The standard InChI is InChI=1S/C31H53NO9S/c1-19(2)22(16-25(26(34)13-20(3)28(35)36)32-29(37)41-31(7,8)9)14-21-11-12-24(30(4,5)6)27(15-21)40-17-23(33)18-42(10,38)39/h11-12,15,19-20,22-23,25-26,33-34H,13-14,16-18H2,1-10H3,(H,32,37)(H,35,36)/t20-,22+,23+,25+,26+/m1/s1. The maximum atomic E-state index is 12.7. The van der Waals surface area contributed by atoms with Gasteiger partial charge in [-0.1, -0.05) is 53.7 Å². The number of amides is 1. The van der Waals surface area contributed by atoms with Gasteiger partial charge in [0.05, 0.1) is 23.8 Å². The fourth-order valence-corrected chi connectivity index (χ4v) is 5.43. The average molecular weight is 616 g/mol. The van der Waals surface area contributed by atoms with Crippen molar-refractivity contribution in [2.75, 3.05) is 18.6 Å². The van der Waals surface area contributed by atoms with Crippen molar-refractivity contribution in [2.24, 2.45) is 17.8 Å². The van der Waals surface area contributed by atoms with Crippen LogP contribution in [0.5, 0.6) is 5.75 Å². The zero-order valence-corrected chi connectivity index (χ0v) is 27.7. The Hall–Kier alpha value is -2.37. The first-order chi connectivity index (χ1) is 19.0. The first-order valence-electron chi connectivity index (χ1n) is 14.5. The third-order valence-corrected chi connectivity index (χ3v) is 7.95. The number of aliphatic carboxylic acids is 1. The number of hydrogen-bond donors (Lipinski definition) is 4. The Morgan fingerprint density at radius 3 is 2.07 bits per heavy atom. The number of rotatable bonds is 15. The SMILES string of the molecule is CC(C)[C@@H](Cc1ccc(C(C)(C)C)c(OC[C@H](O)CS(C)(=O)=O)c1)C[C@H](NC(=O)OC(C)(C)C)[C@@H](O)C[C@@H](C)C(=O)O. The monoisotopic (exact) mass is 615 g/mol. The molecule has 0 unspecified atom stereocenters. The van der Waals surface area contributed by atoms with E-state index in [-0.39, 0.29) is 30.3 Å². The highest BCUT2D eigenvalue weighted by molar-refractivity contribution is 7.90. The highest BCUT2D eigenvalue weighted by atomic mass is 32.2. The number of aliphatic hydroxyl groups is 2. The van der Waals surface area contributed by atoms with Crippen molar-refractivity contribution in [3.05, 3.63) is 29.3 Å². The van der Waals surface area contributed by atoms with Crippen LogP contribution in [0.3, 0.4) is 0 Å². The van der Waals surface area contributed by atoms with E-state index in [0.29, 0.717) is 18.6 Å². The van der Waals surface area contributed by atoms with Gasteiger partial charge in [-0.05, 0) is 74.5 Å². The number of aliphatic hydroxyl groups excluding tert-OH is 2. The Morgan fingerprint density at radius 2 is 1.60 bits per heavy atom. The van der Waals surface area contributed by atoms with Crippen molar-refractivity contribution >= 4 is 21.9 Å². The van der Waals surface area contributed by atoms with Crippen LogP contribution >= 0.6 is 0 Å². The summed E-state index contributed by atoms with van der Waals surface area (Å²) >= 11 is 0. The molecule has 242 valence electrons. The van der Waals surface area contributed by atoms with Gasteiger partial charge in [-0.25, -0.2) is 13.2 Å². The molecule has 11 heteroatoms. The second kappa shape index (κ2) is 15.4. The fourth-order valence-electron chi connectivity index (χ4n) is 4.63. The minimum absolute atomic E-state index is 0.0242. The molecule has 0 bridgehead atoms. The Balaban J connectivity index is 3.29. The zero-order valence-electron chi connectivity index (χ0n) is 26.9. The molecule has 10 nitrogen and oxygen atoms in total. The van der Waals surface area contributed by atoms with E-state index >= 15 is 0 Å². The number of sulfone groups is 1. The van der Waals surface area contributed by atoms with Gasteiger partial charge in [-0.2, -0.15) is 0 Å². The van der Waals surface area contributed by atoms with E-state index in [0.717, 1.165) is 17.4 Å². The van der Waals surface area contributed by atoms with Crippen LogP contribution in [-0.2, 0) is 31.2 Å². The van der Waals surface area contributed by atoms with Gasteiger partial charge >= 0.3 is 12.1 Å². The van der Waals surface area contributed by atoms with Crippen LogP contribution in [0.2, 0.25) is 0 Å². The molecule has 0 radical (unpaired) electrons. The Kier molecular flexibility index (Phi) is 13.8. The summed E-state index contributed by atoms with van der Waals surface area (Å²) in [5.41, 5.74) is 0.812. The Labute approximate surface area is 252 Å². The molecule has 1 rings (SSSR count). The third kappa shape index (κ3) is 14.2. The second-order valence-corrected chi connectivity index (χ2v) is 16.1. The normalized spacial score (nSPS) is 16.3. The van der Waals surface area contributed by atoms with Gasteiger partial charge in [0, 0.05) is 6.26 Å². The smallest absolute Gasteiger partial charge is 0.407 e. The van der Waals surface area contributed by atoms with Gasteiger partial charge in [-0.3, -0.25) is 4.79 Å². The average Bonchev–Trinajstić information content (AvgIpc) is 2.78. The minimum Gasteiger partial charge on any atom is -0.491 e. The molecule has 1 aromatic rings. The largest absolute Gasteiger partial charge is 0.491 e. The van der Waals surface area contributed by atoms with Gasteiger partial charge in [0.25, 0.3) is 0 Å². The number of hydrogen-bond acceptors (Lipinski definition) is 8. The van der Waals surface area contributed by atoms with Gasteiger partial charge in [0.1, 0.15) is 33.9 Å². The number of carbonyl (C=O) groups excluding carboxylic acids is 1. The summed E-state index contributed by atoms with van der Waals surface area (Å²) in [4.78, 5) is 24.1. The topological polar surface area (TPSA) is 159 Å². The number of ether oxygens (including phenoxy) is 2. The summed E-state index contributed by atoms with van der Waals surface area (Å²) in [6, 6.07) is 5.10. The molecule has 0 aromatic heterocycles. The van der Waals surface area contributed by atoms with E-state index in [2.05, 4.69) is 5.32 Å². The van der Waals surface area contributed by atoms with E-state index in [1.54, 1.807) is 20.8 Å². The van der Waals surface area contributed by atoms with Crippen LogP contribution in [-0.4, -0.2) is 78.3 Å². The maximum absolute atomic E-state index is 12.7. The summed E-state index contributed by atoms with van der Waals surface area (Å²) < 4.78 is 34.5. The lowest BCUT2D eigenvalue weighted by molar-refractivity contribution is -0.142. The van der Waals surface area contributed by atoms with E-state index in [4.69, 9.17) is 9.47 Å². The Morgan fingerprint density at radius 1 is 1.00 bits per heavy atom. The fraction of sp³-hybridized carbons (Fsp3) is 0.742. The predicted molar refractivity (Wildman–Crippen MR) is 164 cm³/mol. The molecular formula is C31H53NO9S. The van der Waals surface area contributed by atoms with Crippen LogP contribution in [0, 0.1) is 17.8 Å². The van der Waals surface area contributed by atoms with Crippen molar-refractivity contribution in [3.8, 4) is 5.75 Å². The summed E-state index contributed by atoms with van der Waals surface area (Å²) in [6.07, 6.45) is -0.998. The molecule has 0 saturated heterocycles. The van der Waals surface area contributed by atoms with Crippen molar-refractivity contribution in [1.29, 1.82) is 0 Å². The predicted octanol–water partition coefficient (Wildman–Crippen LogP) is 4.34. The van der Waals surface area contributed by atoms with E-state index in [9.17, 15) is 33.3 Å². The summed E-state index contributed by atoms with van der Waals surface area (Å²) in [5.74, 6) is -1.57. The van der Waals surface area contributed by atoms with Gasteiger partial charge < -0.3 is 30.1 Å². The molecule has 42 heavy (non-hydrogen) atoms. The van der Waals surface area contributed by atoms with Crippen LogP contribution in [0.4, 0.5) is 4.79 Å². The van der Waals surface area contributed by atoms with Crippen molar-refractivity contribution in [3.63, 3.8) is 0 Å². The molecule has 5 atom stereocenters. The maximum Gasteiger partial charge on any atom is 0.407 e. The molecule has 0 saturated carbocycles. The van der Waals surface area contributed by atoms with Crippen LogP contribution < -0.4 is 10.1 Å². The number of benzene rings is 1. The number of carboxylic acid groups (broad SMARTS) is 1. The molecule has 0 aliphatic carbocycles. The molecule has 1 amide bonds. The molecular weight excluding hydrogens is 562 g/mol. The highest BCUT2D eigenvalue weighted by Crippen LogP contribution is 2.34.